The van der Waals surface area contributed by atoms with Crippen molar-refractivity contribution in [1.82, 2.24) is 14.8 Å². The second-order valence-electron chi connectivity index (χ2n) is 9.42. The van der Waals surface area contributed by atoms with E-state index >= 15 is 0 Å². The summed E-state index contributed by atoms with van der Waals surface area (Å²) in [5.41, 5.74) is -1.60. The molecule has 4 heterocycles. The van der Waals surface area contributed by atoms with Gasteiger partial charge in [0.05, 0.1) is 11.8 Å². The fourth-order valence-electron chi connectivity index (χ4n) is 5.22. The predicted molar refractivity (Wildman–Crippen MR) is 120 cm³/mol. The summed E-state index contributed by atoms with van der Waals surface area (Å²) >= 11 is 0. The van der Waals surface area contributed by atoms with E-state index in [0.717, 1.165) is 11.8 Å². The zero-order valence-corrected chi connectivity index (χ0v) is 19.2. The van der Waals surface area contributed by atoms with E-state index in [2.05, 4.69) is 10.5 Å². The average Bonchev–Trinajstić information content (AvgIpc) is 3.14. The molecule has 2 bridgehead atoms. The van der Waals surface area contributed by atoms with Crippen LogP contribution in [0.2, 0.25) is 0 Å². The molecule has 2 amide bonds. The van der Waals surface area contributed by atoms with E-state index in [1.807, 2.05) is 13.8 Å². The first-order valence-corrected chi connectivity index (χ1v) is 11.3. The number of aromatic nitrogens is 1. The molecule has 0 radical (unpaired) electrons. The smallest absolute Gasteiger partial charge is 0.274 e. The van der Waals surface area contributed by atoms with Gasteiger partial charge in [0.15, 0.2) is 17.0 Å². The van der Waals surface area contributed by atoms with Gasteiger partial charge in [0, 0.05) is 43.4 Å². The highest BCUT2D eigenvalue weighted by Crippen LogP contribution is 2.46. The van der Waals surface area contributed by atoms with Crippen molar-refractivity contribution in [2.45, 2.75) is 57.3 Å². The molecule has 35 heavy (non-hydrogen) atoms. The van der Waals surface area contributed by atoms with Gasteiger partial charge in [-0.3, -0.25) is 14.4 Å². The maximum Gasteiger partial charge on any atom is 0.274 e. The van der Waals surface area contributed by atoms with Crippen LogP contribution in [0.5, 0.6) is 5.75 Å². The minimum atomic E-state index is -1.01. The molecule has 1 fully saturated rings. The molecule has 11 heteroatoms. The second-order valence-corrected chi connectivity index (χ2v) is 9.42. The van der Waals surface area contributed by atoms with Gasteiger partial charge in [-0.2, -0.15) is 0 Å². The largest absolute Gasteiger partial charge is 0.503 e. The number of aromatic hydroxyl groups is 1. The van der Waals surface area contributed by atoms with Crippen LogP contribution in [0.25, 0.3) is 0 Å². The number of hydrogen-bond acceptors (Lipinski definition) is 6. The number of oxime groups is 1. The number of fused-ring (bicyclic) bond motifs is 5. The van der Waals surface area contributed by atoms with Crippen molar-refractivity contribution in [3.8, 4) is 5.75 Å². The standard InChI is InChI=1S/C24H24F2N4O5/c1-12-8-24(35-28-12)6-5-13(2)29-11-18(24)30-10-16(20(31)21(32)19(30)23(29)34)22(33)27-9-14-3-4-15(25)7-17(14)26/h3-4,7,10,13,18,32H,5-6,8-9,11H2,1-2H3,(H,27,33)/t13-,18+,24-/m0/s1. The van der Waals surface area contributed by atoms with E-state index in [1.54, 1.807) is 4.90 Å². The molecule has 0 aliphatic carbocycles. The highest BCUT2D eigenvalue weighted by molar-refractivity contribution is 5.99. The monoisotopic (exact) mass is 486 g/mol. The van der Waals surface area contributed by atoms with Crippen LogP contribution in [-0.4, -0.2) is 50.3 Å². The zero-order chi connectivity index (χ0) is 25.1. The Morgan fingerprint density at radius 2 is 2.11 bits per heavy atom. The number of benzene rings is 1. The third kappa shape index (κ3) is 3.65. The molecule has 3 aliphatic rings. The summed E-state index contributed by atoms with van der Waals surface area (Å²) in [7, 11) is 0. The van der Waals surface area contributed by atoms with Gasteiger partial charge in [-0.1, -0.05) is 11.2 Å². The Morgan fingerprint density at radius 3 is 2.80 bits per heavy atom. The van der Waals surface area contributed by atoms with Crippen LogP contribution in [0.15, 0.2) is 34.3 Å². The number of halogens is 2. The first kappa shape index (κ1) is 23.0. The van der Waals surface area contributed by atoms with Crippen LogP contribution in [0.3, 0.4) is 0 Å². The third-order valence-electron chi connectivity index (χ3n) is 7.14. The maximum absolute atomic E-state index is 14.0. The highest BCUT2D eigenvalue weighted by Gasteiger charge is 2.53. The number of hydrogen-bond donors (Lipinski definition) is 2. The van der Waals surface area contributed by atoms with E-state index in [9.17, 15) is 28.3 Å². The van der Waals surface area contributed by atoms with Crippen molar-refractivity contribution in [2.75, 3.05) is 6.54 Å². The molecule has 1 saturated heterocycles. The first-order valence-electron chi connectivity index (χ1n) is 11.3. The van der Waals surface area contributed by atoms with E-state index in [1.165, 1.54) is 16.8 Å². The van der Waals surface area contributed by atoms with Gasteiger partial charge in [0.1, 0.15) is 17.2 Å². The molecule has 5 rings (SSSR count). The number of rotatable bonds is 3. The van der Waals surface area contributed by atoms with Crippen LogP contribution in [0, 0.1) is 11.6 Å². The molecule has 1 aromatic heterocycles. The Balaban J connectivity index is 1.55. The van der Waals surface area contributed by atoms with Crippen LogP contribution >= 0.6 is 0 Å². The predicted octanol–water partition coefficient (Wildman–Crippen LogP) is 2.48. The Labute approximate surface area is 199 Å². The summed E-state index contributed by atoms with van der Waals surface area (Å²) in [6.45, 7) is 3.70. The molecule has 0 unspecified atom stereocenters. The van der Waals surface area contributed by atoms with Crippen molar-refractivity contribution in [2.24, 2.45) is 5.16 Å². The van der Waals surface area contributed by atoms with Crippen molar-refractivity contribution < 1.29 is 28.3 Å². The quantitative estimate of drug-likeness (QED) is 0.692. The molecule has 2 N–H and O–H groups in total. The fourth-order valence-corrected chi connectivity index (χ4v) is 5.22. The Bertz CT molecular complexity index is 1340. The fraction of sp³-hybridized carbons (Fsp3) is 0.417. The third-order valence-corrected chi connectivity index (χ3v) is 7.14. The van der Waals surface area contributed by atoms with Crippen LogP contribution < -0.4 is 10.7 Å². The SMILES string of the molecule is CC1=NO[C@@]2(CC[C@H](C)N3C[C@H]2n2cc(C(=O)NCc4ccc(F)cc4F)c(=O)c(O)c2C3=O)C1. The lowest BCUT2D eigenvalue weighted by molar-refractivity contribution is -0.0655. The molecule has 0 saturated carbocycles. The molecule has 3 atom stereocenters. The van der Waals surface area contributed by atoms with E-state index in [-0.39, 0.29) is 30.4 Å². The first-order chi connectivity index (χ1) is 16.6. The Kier molecular flexibility index (Phi) is 5.37. The summed E-state index contributed by atoms with van der Waals surface area (Å²) < 4.78 is 28.6. The lowest BCUT2D eigenvalue weighted by atomic mass is 9.84. The van der Waals surface area contributed by atoms with Gasteiger partial charge in [-0.15, -0.1) is 0 Å². The normalized spacial score (nSPS) is 25.1. The van der Waals surface area contributed by atoms with E-state index < -0.39 is 51.8 Å². The zero-order valence-electron chi connectivity index (χ0n) is 19.2. The molecule has 3 aliphatic heterocycles. The maximum atomic E-state index is 14.0. The van der Waals surface area contributed by atoms with Crippen LogP contribution in [0.4, 0.5) is 8.78 Å². The van der Waals surface area contributed by atoms with Crippen LogP contribution in [-0.2, 0) is 11.4 Å². The van der Waals surface area contributed by atoms with Crippen molar-refractivity contribution >= 4 is 17.5 Å². The molecule has 9 nitrogen and oxygen atoms in total. The van der Waals surface area contributed by atoms with Gasteiger partial charge in [-0.05, 0) is 32.8 Å². The summed E-state index contributed by atoms with van der Waals surface area (Å²) in [6.07, 6.45) is 2.98. The molecule has 2 aromatic rings. The second kappa shape index (κ2) is 8.17. The molecular weight excluding hydrogens is 462 g/mol. The Hall–Kier alpha value is -3.76. The van der Waals surface area contributed by atoms with Crippen molar-refractivity contribution in [3.05, 3.63) is 63.1 Å². The summed E-state index contributed by atoms with van der Waals surface area (Å²) in [6, 6.07) is 2.28. The topological polar surface area (TPSA) is 113 Å². The van der Waals surface area contributed by atoms with Gasteiger partial charge in [0.2, 0.25) is 5.43 Å². The summed E-state index contributed by atoms with van der Waals surface area (Å²) in [5.74, 6) is -3.80. The number of amides is 2. The van der Waals surface area contributed by atoms with E-state index in [4.69, 9.17) is 4.84 Å². The molecular formula is C24H24F2N4O5. The minimum absolute atomic E-state index is 0.0246. The van der Waals surface area contributed by atoms with Gasteiger partial charge in [0.25, 0.3) is 11.8 Å². The molecule has 1 spiro atoms. The lowest BCUT2D eigenvalue weighted by Crippen LogP contribution is -2.52. The lowest BCUT2D eigenvalue weighted by Gasteiger charge is -2.41. The summed E-state index contributed by atoms with van der Waals surface area (Å²) in [5, 5.41) is 17.3. The summed E-state index contributed by atoms with van der Waals surface area (Å²) in [4.78, 5) is 46.6. The Morgan fingerprint density at radius 1 is 1.34 bits per heavy atom. The van der Waals surface area contributed by atoms with Gasteiger partial charge in [-0.25, -0.2) is 8.78 Å². The number of nitrogens with one attached hydrogen (secondary N) is 1. The number of carbonyl (C=O) groups excluding carboxylic acids is 2. The molecule has 1 aromatic carbocycles. The van der Waals surface area contributed by atoms with Gasteiger partial charge < -0.3 is 24.7 Å². The van der Waals surface area contributed by atoms with E-state index in [0.29, 0.717) is 25.3 Å². The molecule has 184 valence electrons. The number of pyridine rings is 1. The number of nitrogens with zero attached hydrogens (tertiary/aromatic N) is 3. The highest BCUT2D eigenvalue weighted by atomic mass is 19.1. The van der Waals surface area contributed by atoms with Crippen molar-refractivity contribution in [3.63, 3.8) is 0 Å². The van der Waals surface area contributed by atoms with Crippen LogP contribution in [0.1, 0.15) is 65.6 Å². The minimum Gasteiger partial charge on any atom is -0.503 e. The number of carbonyl (C=O) groups is 2. The van der Waals surface area contributed by atoms with Crippen molar-refractivity contribution in [1.29, 1.82) is 0 Å². The van der Waals surface area contributed by atoms with Gasteiger partial charge >= 0.3 is 0 Å². The average molecular weight is 486 g/mol.